The lowest BCUT2D eigenvalue weighted by atomic mass is 9.98. The van der Waals surface area contributed by atoms with Gasteiger partial charge in [-0.3, -0.25) is 9.59 Å². The number of anilines is 1. The van der Waals surface area contributed by atoms with Crippen molar-refractivity contribution in [1.29, 1.82) is 0 Å². The minimum absolute atomic E-state index is 0.0765. The Bertz CT molecular complexity index is 965. The van der Waals surface area contributed by atoms with Gasteiger partial charge in [-0.05, 0) is 47.2 Å². The number of hydrogen-bond donors (Lipinski definition) is 3. The van der Waals surface area contributed by atoms with E-state index in [1.807, 2.05) is 6.07 Å². The second-order valence-corrected chi connectivity index (χ2v) is 8.44. The van der Waals surface area contributed by atoms with Gasteiger partial charge in [-0.1, -0.05) is 44.2 Å². The van der Waals surface area contributed by atoms with Crippen molar-refractivity contribution in [2.45, 2.75) is 25.8 Å². The van der Waals surface area contributed by atoms with Crippen LogP contribution < -0.4 is 16.0 Å². The van der Waals surface area contributed by atoms with Gasteiger partial charge in [0.15, 0.2) is 6.54 Å². The van der Waals surface area contributed by atoms with E-state index in [9.17, 15) is 9.59 Å². The third-order valence-electron chi connectivity index (χ3n) is 5.01. The average molecular weight is 423 g/mol. The summed E-state index contributed by atoms with van der Waals surface area (Å²) in [5, 5.41) is 9.61. The van der Waals surface area contributed by atoms with E-state index in [1.165, 1.54) is 16.0 Å². The number of quaternary nitrogens is 1. The van der Waals surface area contributed by atoms with Crippen molar-refractivity contribution in [2.24, 2.45) is 0 Å². The zero-order chi connectivity index (χ0) is 21.5. The maximum absolute atomic E-state index is 12.5. The fraction of sp³-hybridized carbons (Fsp3) is 0.250. The van der Waals surface area contributed by atoms with E-state index in [2.05, 4.69) is 65.5 Å². The van der Waals surface area contributed by atoms with Crippen LogP contribution in [0.1, 0.15) is 52.2 Å². The van der Waals surface area contributed by atoms with Crippen LogP contribution in [0.5, 0.6) is 0 Å². The van der Waals surface area contributed by atoms with Gasteiger partial charge in [0.25, 0.3) is 11.8 Å². The number of carbonyl (C=O) groups excluding carboxylic acids is 2. The highest BCUT2D eigenvalue weighted by Gasteiger charge is 2.20. The Morgan fingerprint density at radius 2 is 1.63 bits per heavy atom. The summed E-state index contributed by atoms with van der Waals surface area (Å²) in [6.07, 6.45) is 0. The van der Waals surface area contributed by atoms with Gasteiger partial charge in [-0.25, -0.2) is 0 Å². The summed E-state index contributed by atoms with van der Waals surface area (Å²) in [4.78, 5) is 25.4. The Kier molecular flexibility index (Phi) is 7.38. The van der Waals surface area contributed by atoms with E-state index in [1.54, 1.807) is 42.6 Å². The molecule has 3 aromatic rings. The predicted octanol–water partition coefficient (Wildman–Crippen LogP) is 3.52. The number of nitrogens with two attached hydrogens (primary N) is 1. The van der Waals surface area contributed by atoms with Gasteiger partial charge >= 0.3 is 0 Å². The molecule has 0 aliphatic rings. The molecule has 0 spiro atoms. The summed E-state index contributed by atoms with van der Waals surface area (Å²) in [7, 11) is 1.59. The fourth-order valence-corrected chi connectivity index (χ4v) is 4.11. The largest absolute Gasteiger partial charge is 0.355 e. The normalized spacial score (nSPS) is 11.9. The first kappa shape index (κ1) is 21.7. The Balaban J connectivity index is 1.65. The number of carbonyl (C=O) groups is 2. The molecule has 0 unspecified atom stereocenters. The molecule has 0 saturated carbocycles. The van der Waals surface area contributed by atoms with E-state index in [-0.39, 0.29) is 17.9 Å². The first-order valence-corrected chi connectivity index (χ1v) is 10.9. The van der Waals surface area contributed by atoms with E-state index in [0.29, 0.717) is 23.7 Å². The maximum atomic E-state index is 12.5. The number of thiophene rings is 1. The molecule has 6 heteroatoms. The minimum Gasteiger partial charge on any atom is -0.355 e. The van der Waals surface area contributed by atoms with Crippen molar-refractivity contribution in [3.8, 4) is 0 Å². The summed E-state index contributed by atoms with van der Waals surface area (Å²) < 4.78 is 0. The summed E-state index contributed by atoms with van der Waals surface area (Å²) in [5.74, 6) is 0.260. The van der Waals surface area contributed by atoms with Gasteiger partial charge < -0.3 is 16.0 Å². The van der Waals surface area contributed by atoms with Gasteiger partial charge in [0.05, 0.1) is 4.88 Å². The molecule has 3 rings (SSSR count). The Morgan fingerprint density at radius 3 is 2.20 bits per heavy atom. The predicted molar refractivity (Wildman–Crippen MR) is 122 cm³/mol. The number of nitrogens with one attached hydrogen (secondary N) is 2. The molecule has 1 atom stereocenters. The van der Waals surface area contributed by atoms with Crippen molar-refractivity contribution in [3.63, 3.8) is 0 Å². The van der Waals surface area contributed by atoms with Crippen LogP contribution in [0.2, 0.25) is 0 Å². The van der Waals surface area contributed by atoms with Crippen molar-refractivity contribution in [2.75, 3.05) is 18.9 Å². The van der Waals surface area contributed by atoms with Crippen LogP contribution in [0, 0.1) is 0 Å². The summed E-state index contributed by atoms with van der Waals surface area (Å²) in [5.41, 5.74) is 3.73. The lowest BCUT2D eigenvalue weighted by molar-refractivity contribution is -0.675. The highest BCUT2D eigenvalue weighted by Crippen LogP contribution is 2.24. The van der Waals surface area contributed by atoms with Crippen molar-refractivity contribution in [3.05, 3.63) is 87.6 Å². The highest BCUT2D eigenvalue weighted by molar-refractivity contribution is 7.10. The Morgan fingerprint density at radius 1 is 0.967 bits per heavy atom. The Labute approximate surface area is 181 Å². The standard InChI is InChI=1S/C24H27N3O2S/c1-16(2)17-6-8-18(9-7-17)23(21-5-4-14-30-21)26-15-22(28)27-20-12-10-19(11-13-20)24(29)25-3/h4-14,16,23,26H,15H2,1-3H3,(H,25,29)(H,27,28)/p+1/t23-/m1/s1. The van der Waals surface area contributed by atoms with E-state index < -0.39 is 0 Å². The molecule has 4 N–H and O–H groups in total. The third kappa shape index (κ3) is 5.55. The quantitative estimate of drug-likeness (QED) is 0.520. The molecular weight excluding hydrogens is 394 g/mol. The number of amides is 2. The molecule has 0 fully saturated rings. The van der Waals surface area contributed by atoms with Crippen LogP contribution >= 0.6 is 11.3 Å². The summed E-state index contributed by atoms with van der Waals surface area (Å²) >= 11 is 1.70. The topological polar surface area (TPSA) is 74.8 Å². The number of rotatable bonds is 8. The van der Waals surface area contributed by atoms with Gasteiger partial charge in [-0.15, -0.1) is 11.3 Å². The Hall–Kier alpha value is -2.96. The lowest BCUT2D eigenvalue weighted by Crippen LogP contribution is -2.87. The number of benzene rings is 2. The van der Waals surface area contributed by atoms with Crippen LogP contribution in [0.3, 0.4) is 0 Å². The van der Waals surface area contributed by atoms with Crippen LogP contribution in [0.25, 0.3) is 0 Å². The zero-order valence-electron chi connectivity index (χ0n) is 17.5. The fourth-order valence-electron chi connectivity index (χ4n) is 3.26. The lowest BCUT2D eigenvalue weighted by Gasteiger charge is -2.16. The van der Waals surface area contributed by atoms with Gasteiger partial charge in [0, 0.05) is 23.9 Å². The second kappa shape index (κ2) is 10.2. The van der Waals surface area contributed by atoms with Crippen LogP contribution in [0.15, 0.2) is 66.0 Å². The molecule has 5 nitrogen and oxygen atoms in total. The maximum Gasteiger partial charge on any atom is 0.279 e. The number of hydrogen-bond acceptors (Lipinski definition) is 3. The molecular formula is C24H28N3O2S+. The van der Waals surface area contributed by atoms with Crippen molar-refractivity contribution < 1.29 is 14.9 Å². The molecule has 2 aromatic carbocycles. The zero-order valence-corrected chi connectivity index (χ0v) is 18.3. The molecule has 2 amide bonds. The van der Waals surface area contributed by atoms with Crippen molar-refractivity contribution >= 4 is 28.8 Å². The van der Waals surface area contributed by atoms with Crippen LogP contribution in [0.4, 0.5) is 5.69 Å². The second-order valence-electron chi connectivity index (χ2n) is 7.46. The average Bonchev–Trinajstić information content (AvgIpc) is 3.29. The molecule has 0 radical (unpaired) electrons. The van der Waals surface area contributed by atoms with Crippen LogP contribution in [-0.2, 0) is 4.79 Å². The molecule has 0 aliphatic heterocycles. The third-order valence-corrected chi connectivity index (χ3v) is 5.96. The van der Waals surface area contributed by atoms with Crippen LogP contribution in [-0.4, -0.2) is 25.4 Å². The molecule has 1 aromatic heterocycles. The van der Waals surface area contributed by atoms with Gasteiger partial charge in [-0.2, -0.15) is 0 Å². The first-order valence-electron chi connectivity index (χ1n) is 10.1. The molecule has 1 heterocycles. The monoisotopic (exact) mass is 422 g/mol. The molecule has 0 bridgehead atoms. The highest BCUT2D eigenvalue weighted by atomic mass is 32.1. The summed E-state index contributed by atoms with van der Waals surface area (Å²) in [6, 6.07) is 19.8. The van der Waals surface area contributed by atoms with Gasteiger partial charge in [0.1, 0.15) is 6.04 Å². The molecule has 156 valence electrons. The smallest absolute Gasteiger partial charge is 0.279 e. The molecule has 0 saturated heterocycles. The summed E-state index contributed by atoms with van der Waals surface area (Å²) in [6.45, 7) is 4.67. The van der Waals surface area contributed by atoms with E-state index >= 15 is 0 Å². The first-order chi connectivity index (χ1) is 14.5. The van der Waals surface area contributed by atoms with Gasteiger partial charge in [0.2, 0.25) is 0 Å². The SMILES string of the molecule is CNC(=O)c1ccc(NC(=O)C[NH2+][C@H](c2ccc(C(C)C)cc2)c2cccs2)cc1. The van der Waals surface area contributed by atoms with E-state index in [4.69, 9.17) is 0 Å². The minimum atomic E-state index is -0.150. The van der Waals surface area contributed by atoms with Crippen molar-refractivity contribution in [1.82, 2.24) is 5.32 Å². The van der Waals surface area contributed by atoms with E-state index in [0.717, 1.165) is 0 Å². The molecule has 0 aliphatic carbocycles. The molecule has 30 heavy (non-hydrogen) atoms.